The molecule has 1 amide bonds. The van der Waals surface area contributed by atoms with Gasteiger partial charge in [0.15, 0.2) is 10.9 Å². The number of halogens is 1. The topological polar surface area (TPSA) is 72.6 Å². The Bertz CT molecular complexity index is 801. The maximum Gasteiger partial charge on any atom is 0.277 e. The number of anilines is 1. The van der Waals surface area contributed by atoms with Gasteiger partial charge < -0.3 is 4.84 Å². The summed E-state index contributed by atoms with van der Waals surface area (Å²) in [6.07, 6.45) is 10.3. The van der Waals surface area contributed by atoms with E-state index in [0.29, 0.717) is 18.0 Å². The first-order valence-electron chi connectivity index (χ1n) is 7.33. The molecule has 0 unspecified atom stereocenters. The van der Waals surface area contributed by atoms with Gasteiger partial charge in [-0.05, 0) is 19.1 Å². The molecule has 2 heterocycles. The average Bonchev–Trinajstić information content (AvgIpc) is 3.02. The van der Waals surface area contributed by atoms with Crippen molar-refractivity contribution in [2.24, 2.45) is 5.16 Å². The number of hydrogen-bond acceptors (Lipinski definition) is 6. The van der Waals surface area contributed by atoms with E-state index < -0.39 is 5.91 Å². The van der Waals surface area contributed by atoms with E-state index in [2.05, 4.69) is 33.8 Å². The molecular formula is C16H16ClN5O2S. The summed E-state index contributed by atoms with van der Waals surface area (Å²) in [7, 11) is 0. The van der Waals surface area contributed by atoms with Crippen LogP contribution >= 0.6 is 24.2 Å². The van der Waals surface area contributed by atoms with Gasteiger partial charge in [-0.3, -0.25) is 14.7 Å². The zero-order valence-electron chi connectivity index (χ0n) is 13.5. The molecular weight excluding hydrogens is 362 g/mol. The summed E-state index contributed by atoms with van der Waals surface area (Å²) < 4.78 is 1.52. The predicted molar refractivity (Wildman–Crippen MR) is 100 cm³/mol. The molecule has 0 aliphatic carbocycles. The summed E-state index contributed by atoms with van der Waals surface area (Å²) in [5.41, 5.74) is 1.17. The molecule has 7 nitrogen and oxygen atoms in total. The number of oxime groups is 1. The third-order valence-electron chi connectivity index (χ3n) is 3.05. The van der Waals surface area contributed by atoms with Crippen LogP contribution in [0.4, 0.5) is 5.69 Å². The molecule has 2 aromatic rings. The number of terminal acetylenes is 1. The van der Waals surface area contributed by atoms with Crippen molar-refractivity contribution >= 4 is 41.5 Å². The van der Waals surface area contributed by atoms with Gasteiger partial charge >= 0.3 is 0 Å². The van der Waals surface area contributed by atoms with Crippen LogP contribution in [0, 0.1) is 12.3 Å². The van der Waals surface area contributed by atoms with Crippen LogP contribution < -0.4 is 4.90 Å². The first-order valence-corrected chi connectivity index (χ1v) is 8.34. The molecule has 0 radical (unpaired) electrons. The lowest BCUT2D eigenvalue weighted by Crippen LogP contribution is -2.38. The monoisotopic (exact) mass is 377 g/mol. The van der Waals surface area contributed by atoms with Crippen molar-refractivity contribution in [3.8, 4) is 18.0 Å². The SMILES string of the molecule is C#CCN(C(=O)C(CS)=NOCC)c1cn(-c2cccnc2)nc1Cl. The Labute approximate surface area is 156 Å². The highest BCUT2D eigenvalue weighted by Gasteiger charge is 2.25. The van der Waals surface area contributed by atoms with Gasteiger partial charge in [0.1, 0.15) is 12.3 Å². The summed E-state index contributed by atoms with van der Waals surface area (Å²) in [4.78, 5) is 23.0. The van der Waals surface area contributed by atoms with Crippen LogP contribution in [0.25, 0.3) is 5.69 Å². The fourth-order valence-corrected chi connectivity index (χ4v) is 2.36. The molecule has 25 heavy (non-hydrogen) atoms. The summed E-state index contributed by atoms with van der Waals surface area (Å²) in [6.45, 7) is 2.09. The lowest BCUT2D eigenvalue weighted by atomic mass is 10.3. The third-order valence-corrected chi connectivity index (χ3v) is 3.62. The van der Waals surface area contributed by atoms with Gasteiger partial charge in [0.25, 0.3) is 5.91 Å². The molecule has 0 N–H and O–H groups in total. The van der Waals surface area contributed by atoms with E-state index in [-0.39, 0.29) is 23.2 Å². The lowest BCUT2D eigenvalue weighted by Gasteiger charge is -2.19. The molecule has 2 aromatic heterocycles. The number of nitrogens with zero attached hydrogens (tertiary/aromatic N) is 5. The van der Waals surface area contributed by atoms with E-state index >= 15 is 0 Å². The highest BCUT2D eigenvalue weighted by atomic mass is 35.5. The summed E-state index contributed by atoms with van der Waals surface area (Å²) in [5.74, 6) is 2.08. The average molecular weight is 378 g/mol. The Morgan fingerprint density at radius 3 is 3.00 bits per heavy atom. The smallest absolute Gasteiger partial charge is 0.277 e. The summed E-state index contributed by atoms with van der Waals surface area (Å²) >= 11 is 10.3. The van der Waals surface area contributed by atoms with Crippen LogP contribution in [-0.2, 0) is 9.63 Å². The predicted octanol–water partition coefficient (Wildman–Crippen LogP) is 2.21. The molecule has 0 aliphatic rings. The number of thiol groups is 1. The van der Waals surface area contributed by atoms with Crippen molar-refractivity contribution in [1.82, 2.24) is 14.8 Å². The number of pyridine rings is 1. The van der Waals surface area contributed by atoms with Gasteiger partial charge in [0, 0.05) is 11.9 Å². The maximum absolute atomic E-state index is 12.7. The third kappa shape index (κ3) is 4.53. The van der Waals surface area contributed by atoms with Crippen LogP contribution in [0.3, 0.4) is 0 Å². The van der Waals surface area contributed by atoms with Gasteiger partial charge in [-0.15, -0.1) is 6.42 Å². The van der Waals surface area contributed by atoms with E-state index in [4.69, 9.17) is 22.9 Å². The Balaban J connectivity index is 2.39. The zero-order valence-corrected chi connectivity index (χ0v) is 15.1. The quantitative estimate of drug-likeness (QED) is 0.347. The van der Waals surface area contributed by atoms with Gasteiger partial charge in [-0.1, -0.05) is 22.7 Å². The van der Waals surface area contributed by atoms with E-state index in [0.717, 1.165) is 0 Å². The van der Waals surface area contributed by atoms with Crippen LogP contribution in [0.5, 0.6) is 0 Å². The van der Waals surface area contributed by atoms with Crippen LogP contribution in [0.15, 0.2) is 35.9 Å². The number of carbonyl (C=O) groups excluding carboxylic acids is 1. The Morgan fingerprint density at radius 2 is 2.40 bits per heavy atom. The van der Waals surface area contributed by atoms with Crippen LogP contribution in [0.2, 0.25) is 5.15 Å². The molecule has 0 aliphatic heterocycles. The Kier molecular flexibility index (Phi) is 6.86. The normalized spacial score (nSPS) is 11.0. The van der Waals surface area contributed by atoms with Crippen molar-refractivity contribution in [2.45, 2.75) is 6.92 Å². The molecule has 0 saturated heterocycles. The second-order valence-corrected chi connectivity index (χ2v) is 5.34. The summed E-state index contributed by atoms with van der Waals surface area (Å²) in [5, 5.41) is 8.11. The van der Waals surface area contributed by atoms with Crippen LogP contribution in [-0.4, -0.2) is 45.3 Å². The molecule has 0 saturated carbocycles. The van der Waals surface area contributed by atoms with Gasteiger partial charge in [-0.25, -0.2) is 4.68 Å². The minimum atomic E-state index is -0.450. The van der Waals surface area contributed by atoms with Gasteiger partial charge in [0.05, 0.1) is 24.6 Å². The first-order chi connectivity index (χ1) is 12.1. The lowest BCUT2D eigenvalue weighted by molar-refractivity contribution is -0.112. The minimum Gasteiger partial charge on any atom is -0.396 e. The second kappa shape index (κ2) is 9.11. The van der Waals surface area contributed by atoms with E-state index in [9.17, 15) is 4.79 Å². The van der Waals surface area contributed by atoms with Gasteiger partial charge in [0.2, 0.25) is 0 Å². The van der Waals surface area contributed by atoms with Crippen molar-refractivity contribution in [1.29, 1.82) is 0 Å². The molecule has 0 spiro atoms. The van der Waals surface area contributed by atoms with Crippen molar-refractivity contribution in [3.05, 3.63) is 35.9 Å². The van der Waals surface area contributed by atoms with Crippen molar-refractivity contribution < 1.29 is 9.63 Å². The standard InChI is InChI=1S/C16H16ClN5O2S/c1-3-8-21(16(23)13(11-25)20-24-4-2)14-10-22(19-15(14)17)12-6-5-7-18-9-12/h1,5-7,9-10,25H,4,8,11H2,2H3. The molecule has 0 bridgehead atoms. The first kappa shape index (κ1) is 18.8. The molecule has 9 heteroatoms. The van der Waals surface area contributed by atoms with Gasteiger partial charge in [-0.2, -0.15) is 17.7 Å². The largest absolute Gasteiger partial charge is 0.396 e. The zero-order chi connectivity index (χ0) is 18.2. The number of aromatic nitrogens is 3. The fraction of sp³-hybridized carbons (Fsp3) is 0.250. The molecule has 0 aromatic carbocycles. The molecule has 0 fully saturated rings. The van der Waals surface area contributed by atoms with E-state index in [1.807, 2.05) is 6.07 Å². The Hall–Kier alpha value is -2.50. The van der Waals surface area contributed by atoms with E-state index in [1.54, 1.807) is 31.6 Å². The number of hydrogen-bond donors (Lipinski definition) is 1. The number of rotatable bonds is 7. The second-order valence-electron chi connectivity index (χ2n) is 4.67. The Morgan fingerprint density at radius 1 is 1.60 bits per heavy atom. The van der Waals surface area contributed by atoms with Crippen molar-refractivity contribution in [2.75, 3.05) is 23.8 Å². The molecule has 130 valence electrons. The minimum absolute atomic E-state index is 0.00376. The van der Waals surface area contributed by atoms with Crippen LogP contribution in [0.1, 0.15) is 6.92 Å². The molecule has 0 atom stereocenters. The number of amides is 1. The fourth-order valence-electron chi connectivity index (χ4n) is 1.94. The molecule has 2 rings (SSSR count). The highest BCUT2D eigenvalue weighted by molar-refractivity contribution is 7.81. The van der Waals surface area contributed by atoms with Crippen molar-refractivity contribution in [3.63, 3.8) is 0 Å². The highest BCUT2D eigenvalue weighted by Crippen LogP contribution is 2.26. The van der Waals surface area contributed by atoms with E-state index in [1.165, 1.54) is 9.58 Å². The maximum atomic E-state index is 12.7. The number of carbonyl (C=O) groups is 1. The summed E-state index contributed by atoms with van der Waals surface area (Å²) in [6, 6.07) is 3.58.